The van der Waals surface area contributed by atoms with Crippen LogP contribution in [0.3, 0.4) is 0 Å². The Morgan fingerprint density at radius 1 is 0.652 bits per heavy atom. The summed E-state index contributed by atoms with van der Waals surface area (Å²) in [5, 5.41) is 4.66. The smallest absolute Gasteiger partial charge is 0.329 e. The molecular weight excluding hydrogens is 713 g/mol. The van der Waals surface area contributed by atoms with Crippen LogP contribution in [0.1, 0.15) is 20.7 Å². The molecule has 0 aliphatic rings. The van der Waals surface area contributed by atoms with E-state index in [1.165, 1.54) is 14.2 Å². The number of nitrogens with one attached hydrogen (secondary N) is 2. The second-order valence-electron chi connectivity index (χ2n) is 9.21. The molecule has 0 aliphatic heterocycles. The first-order valence-corrected chi connectivity index (χ1v) is 19.2. The highest BCUT2D eigenvalue weighted by Gasteiger charge is 2.25. The molecule has 12 nitrogen and oxygen atoms in total. The van der Waals surface area contributed by atoms with Gasteiger partial charge in [0.15, 0.2) is 0 Å². The third kappa shape index (κ3) is 12.7. The lowest BCUT2D eigenvalue weighted by atomic mass is 10.0. The Bertz CT molecular complexity index is 1260. The van der Waals surface area contributed by atoms with Gasteiger partial charge in [-0.3, -0.25) is 19.2 Å². The summed E-state index contributed by atoms with van der Waals surface area (Å²) in [5.74, 6) is -1.81. The number of hydrogen-bond donors (Lipinski definition) is 6. The zero-order valence-electron chi connectivity index (χ0n) is 24.7. The van der Waals surface area contributed by atoms with E-state index in [-0.39, 0.29) is 33.2 Å². The molecule has 2 amide bonds. The predicted molar refractivity (Wildman–Crippen MR) is 192 cm³/mol. The van der Waals surface area contributed by atoms with Crippen LogP contribution in [0, 0.1) is 0 Å². The average molecular weight is 747 g/mol. The molecule has 0 saturated heterocycles. The minimum atomic E-state index is -0.997. The minimum Gasteiger partial charge on any atom is -0.467 e. The lowest BCUT2D eigenvalue weighted by molar-refractivity contribution is -0.143. The van der Waals surface area contributed by atoms with E-state index >= 15 is 0 Å². The van der Waals surface area contributed by atoms with Gasteiger partial charge < -0.3 is 31.6 Å². The highest BCUT2D eigenvalue weighted by Crippen LogP contribution is 2.26. The molecule has 0 aromatic heterocycles. The van der Waals surface area contributed by atoms with Crippen LogP contribution in [0.5, 0.6) is 0 Å². The molecule has 0 radical (unpaired) electrons. The van der Waals surface area contributed by atoms with Gasteiger partial charge in [-0.1, -0.05) is 45.9 Å². The summed E-state index contributed by atoms with van der Waals surface area (Å²) in [7, 11) is 6.31. The molecule has 0 bridgehead atoms. The van der Waals surface area contributed by atoms with E-state index in [1.54, 1.807) is 48.5 Å². The van der Waals surface area contributed by atoms with Crippen molar-refractivity contribution in [2.24, 2.45) is 11.5 Å². The first-order valence-electron chi connectivity index (χ1n) is 13.3. The van der Waals surface area contributed by atoms with Crippen LogP contribution >= 0.6 is 68.4 Å². The Labute approximate surface area is 293 Å². The van der Waals surface area contributed by atoms with Gasteiger partial charge in [0.1, 0.15) is 12.1 Å². The number of esters is 2. The SMILES string of the molecule is COC(=O)C(CSSC(=O)[C@@H](N)CS)NC(=O)c1ccc(-c2ccc(C(=O)NC(CSSC(=O)[C@@H](N)CS)C(=O)OC)cc2)cc1. The molecule has 6 N–H and O–H groups in total. The van der Waals surface area contributed by atoms with Crippen LogP contribution in [-0.4, -0.2) is 95.4 Å². The molecule has 2 aromatic rings. The highest BCUT2D eigenvalue weighted by molar-refractivity contribution is 8.82. The topological polar surface area (TPSA) is 197 Å². The second-order valence-corrected chi connectivity index (χ2v) is 14.6. The number of rotatable bonds is 17. The van der Waals surface area contributed by atoms with Crippen molar-refractivity contribution in [2.45, 2.75) is 24.2 Å². The normalized spacial score (nSPS) is 13.4. The van der Waals surface area contributed by atoms with E-state index in [0.29, 0.717) is 11.1 Å². The molecule has 0 saturated carbocycles. The van der Waals surface area contributed by atoms with E-state index in [9.17, 15) is 28.8 Å². The molecule has 2 aromatic carbocycles. The van der Waals surface area contributed by atoms with Gasteiger partial charge in [-0.2, -0.15) is 25.3 Å². The summed E-state index contributed by atoms with van der Waals surface area (Å²) in [6.45, 7) is 0. The largest absolute Gasteiger partial charge is 0.467 e. The van der Waals surface area contributed by atoms with Crippen molar-refractivity contribution in [1.82, 2.24) is 10.6 Å². The molecular formula is C28H34N4O8S6. The standard InChI is InChI=1S/C28H34N4O8S6/c1-39-25(35)21(13-43-45-27(37)19(29)11-41)31-23(33)17-7-3-15(4-8-17)16-5-9-18(10-6-16)24(34)32-22(26(36)40-2)14-44-46-28(38)20(30)12-42/h3-10,19-22,41-42H,11-14,29-30H2,1-2H3,(H,31,33)(H,32,34)/t19-,20-,21?,22?/m0/s1. The van der Waals surface area contributed by atoms with E-state index in [2.05, 4.69) is 35.9 Å². The lowest BCUT2D eigenvalue weighted by Gasteiger charge is -2.16. The van der Waals surface area contributed by atoms with Gasteiger partial charge >= 0.3 is 11.9 Å². The highest BCUT2D eigenvalue weighted by atomic mass is 33.1. The van der Waals surface area contributed by atoms with Crippen molar-refractivity contribution >= 4 is 102 Å². The monoisotopic (exact) mass is 746 g/mol. The molecule has 2 unspecified atom stereocenters. The third-order valence-corrected chi connectivity index (χ3v) is 11.4. The Balaban J connectivity index is 2.01. The Hall–Kier alpha value is -2.32. The maximum atomic E-state index is 12.9. The number of nitrogens with two attached hydrogens (primary N) is 2. The minimum absolute atomic E-state index is 0.0785. The number of ether oxygens (including phenoxy) is 2. The van der Waals surface area contributed by atoms with Gasteiger partial charge in [-0.15, -0.1) is 0 Å². The van der Waals surface area contributed by atoms with E-state index in [4.69, 9.17) is 20.9 Å². The van der Waals surface area contributed by atoms with Gasteiger partial charge in [0, 0.05) is 34.1 Å². The van der Waals surface area contributed by atoms with Crippen LogP contribution in [-0.2, 0) is 28.7 Å². The molecule has 2 rings (SSSR count). The van der Waals surface area contributed by atoms with Crippen LogP contribution in [0.2, 0.25) is 0 Å². The molecule has 18 heteroatoms. The summed E-state index contributed by atoms with van der Waals surface area (Å²) >= 11 is 7.98. The predicted octanol–water partition coefficient (Wildman–Crippen LogP) is 2.23. The summed E-state index contributed by atoms with van der Waals surface area (Å²) in [6, 6.07) is 9.71. The van der Waals surface area contributed by atoms with Crippen LogP contribution < -0.4 is 22.1 Å². The van der Waals surface area contributed by atoms with Crippen molar-refractivity contribution in [3.05, 3.63) is 59.7 Å². The first-order chi connectivity index (χ1) is 21.9. The van der Waals surface area contributed by atoms with E-state index < -0.39 is 47.9 Å². The molecule has 0 fully saturated rings. The maximum Gasteiger partial charge on any atom is 0.329 e. The van der Waals surface area contributed by atoms with Gasteiger partial charge in [0.05, 0.1) is 26.3 Å². The van der Waals surface area contributed by atoms with Gasteiger partial charge in [-0.05, 0) is 57.0 Å². The summed E-state index contributed by atoms with van der Waals surface area (Å²) in [4.78, 5) is 74.0. The van der Waals surface area contributed by atoms with Crippen molar-refractivity contribution in [2.75, 3.05) is 37.2 Å². The molecule has 250 valence electrons. The second kappa shape index (κ2) is 20.8. The van der Waals surface area contributed by atoms with Crippen LogP contribution in [0.25, 0.3) is 11.1 Å². The van der Waals surface area contributed by atoms with E-state index in [0.717, 1.165) is 54.3 Å². The summed E-state index contributed by atoms with van der Waals surface area (Å²) in [5.41, 5.74) is 13.4. The Morgan fingerprint density at radius 2 is 0.978 bits per heavy atom. The summed E-state index contributed by atoms with van der Waals surface area (Å²) in [6.07, 6.45) is 0. The van der Waals surface area contributed by atoms with Crippen molar-refractivity contribution in [1.29, 1.82) is 0 Å². The number of carbonyl (C=O) groups is 6. The molecule has 0 heterocycles. The number of thiol groups is 2. The maximum absolute atomic E-state index is 12.9. The van der Waals surface area contributed by atoms with Crippen molar-refractivity contribution in [3.63, 3.8) is 0 Å². The number of carbonyl (C=O) groups excluding carboxylic acids is 6. The Morgan fingerprint density at radius 3 is 1.26 bits per heavy atom. The molecule has 0 spiro atoms. The fourth-order valence-electron chi connectivity index (χ4n) is 3.33. The molecule has 46 heavy (non-hydrogen) atoms. The zero-order valence-corrected chi connectivity index (χ0v) is 29.8. The molecule has 4 atom stereocenters. The number of methoxy groups -OCH3 is 2. The van der Waals surface area contributed by atoms with Crippen LogP contribution in [0.15, 0.2) is 48.5 Å². The van der Waals surface area contributed by atoms with Crippen LogP contribution in [0.4, 0.5) is 0 Å². The van der Waals surface area contributed by atoms with Crippen molar-refractivity contribution < 1.29 is 38.2 Å². The van der Waals surface area contributed by atoms with Gasteiger partial charge in [-0.25, -0.2) is 9.59 Å². The third-order valence-electron chi connectivity index (χ3n) is 5.96. The first kappa shape index (κ1) is 39.9. The van der Waals surface area contributed by atoms with Crippen molar-refractivity contribution in [3.8, 4) is 11.1 Å². The van der Waals surface area contributed by atoms with E-state index in [1.807, 2.05) is 0 Å². The fourth-order valence-corrected chi connectivity index (χ4v) is 8.06. The van der Waals surface area contributed by atoms with Gasteiger partial charge in [0.25, 0.3) is 11.8 Å². The number of benzene rings is 2. The van der Waals surface area contributed by atoms with Gasteiger partial charge in [0.2, 0.25) is 10.2 Å². The molecule has 0 aliphatic carbocycles. The Kier molecular flexibility index (Phi) is 18.0. The lowest BCUT2D eigenvalue weighted by Crippen LogP contribution is -2.43. The summed E-state index contributed by atoms with van der Waals surface area (Å²) < 4.78 is 9.57. The fraction of sp³-hybridized carbons (Fsp3) is 0.357. The average Bonchev–Trinajstić information content (AvgIpc) is 3.08. The quantitative estimate of drug-likeness (QED) is 0.0783. The zero-order chi connectivity index (χ0) is 34.2. The number of hydrogen-bond acceptors (Lipinski definition) is 16. The number of amides is 2.